The number of hydrogen-bond acceptors (Lipinski definition) is 4. The lowest BCUT2D eigenvalue weighted by Crippen LogP contribution is -2.32. The summed E-state index contributed by atoms with van der Waals surface area (Å²) in [7, 11) is 2.16. The molecular formula is C15H25ClN4. The fraction of sp³-hybridized carbons (Fsp3) is 0.733. The zero-order chi connectivity index (χ0) is 14.7. The van der Waals surface area contributed by atoms with E-state index in [4.69, 9.17) is 11.6 Å². The summed E-state index contributed by atoms with van der Waals surface area (Å²) >= 11 is 6.20. The number of halogens is 1. The monoisotopic (exact) mass is 296 g/mol. The Bertz CT molecular complexity index is 459. The standard InChI is InChI=1S/C15H25ClN4/c1-5-10(2)20(4)9-8-17-14-11(3)13(16)18-15(19-14)12-6-7-12/h10,12H,5-9H2,1-4H3,(H,17,18,19). The van der Waals surface area contributed by atoms with Crippen LogP contribution in [-0.2, 0) is 0 Å². The molecule has 1 fully saturated rings. The molecular weight excluding hydrogens is 272 g/mol. The second-order valence-electron chi connectivity index (χ2n) is 5.79. The maximum atomic E-state index is 6.20. The van der Waals surface area contributed by atoms with E-state index in [1.165, 1.54) is 19.3 Å². The molecule has 5 heteroatoms. The summed E-state index contributed by atoms with van der Waals surface area (Å²) in [5.74, 6) is 2.32. The molecule has 0 amide bonds. The summed E-state index contributed by atoms with van der Waals surface area (Å²) < 4.78 is 0. The third-order valence-corrected chi connectivity index (χ3v) is 4.51. The van der Waals surface area contributed by atoms with Crippen LogP contribution in [0.5, 0.6) is 0 Å². The van der Waals surface area contributed by atoms with Crippen molar-refractivity contribution in [1.29, 1.82) is 0 Å². The first-order chi connectivity index (χ1) is 9.52. The van der Waals surface area contributed by atoms with Gasteiger partial charge in [-0.2, -0.15) is 0 Å². The summed E-state index contributed by atoms with van der Waals surface area (Å²) in [4.78, 5) is 11.4. The van der Waals surface area contributed by atoms with E-state index in [0.717, 1.165) is 30.3 Å². The lowest BCUT2D eigenvalue weighted by atomic mass is 10.2. The summed E-state index contributed by atoms with van der Waals surface area (Å²) in [6.45, 7) is 8.30. The smallest absolute Gasteiger partial charge is 0.137 e. The van der Waals surface area contributed by atoms with Gasteiger partial charge in [0, 0.05) is 30.6 Å². The van der Waals surface area contributed by atoms with Gasteiger partial charge in [-0.3, -0.25) is 0 Å². The van der Waals surface area contributed by atoms with Crippen LogP contribution in [0.3, 0.4) is 0 Å². The highest BCUT2D eigenvalue weighted by Crippen LogP contribution is 2.39. The van der Waals surface area contributed by atoms with Crippen LogP contribution in [-0.4, -0.2) is 41.0 Å². The van der Waals surface area contributed by atoms with E-state index in [9.17, 15) is 0 Å². The number of hydrogen-bond donors (Lipinski definition) is 1. The molecule has 0 radical (unpaired) electrons. The molecule has 0 spiro atoms. The average molecular weight is 297 g/mol. The van der Waals surface area contributed by atoms with Gasteiger partial charge in [-0.05, 0) is 40.2 Å². The van der Waals surface area contributed by atoms with Crippen LogP contribution >= 0.6 is 11.6 Å². The van der Waals surface area contributed by atoms with Gasteiger partial charge in [0.1, 0.15) is 16.8 Å². The first-order valence-electron chi connectivity index (χ1n) is 7.51. The van der Waals surface area contributed by atoms with E-state index in [1.807, 2.05) is 6.92 Å². The molecule has 0 aromatic carbocycles. The Morgan fingerprint density at radius 3 is 2.70 bits per heavy atom. The number of anilines is 1. The second-order valence-corrected chi connectivity index (χ2v) is 6.14. The maximum absolute atomic E-state index is 6.20. The van der Waals surface area contributed by atoms with Crippen molar-refractivity contribution in [2.24, 2.45) is 0 Å². The maximum Gasteiger partial charge on any atom is 0.137 e. The highest BCUT2D eigenvalue weighted by molar-refractivity contribution is 6.30. The van der Waals surface area contributed by atoms with Crippen molar-refractivity contribution in [3.8, 4) is 0 Å². The van der Waals surface area contributed by atoms with Crippen molar-refractivity contribution in [2.45, 2.75) is 52.0 Å². The van der Waals surface area contributed by atoms with Gasteiger partial charge >= 0.3 is 0 Å². The average Bonchev–Trinajstić information content (AvgIpc) is 3.26. The Hall–Kier alpha value is -0.870. The highest BCUT2D eigenvalue weighted by atomic mass is 35.5. The molecule has 1 atom stereocenters. The molecule has 0 aliphatic heterocycles. The molecule has 2 rings (SSSR count). The normalized spacial score (nSPS) is 16.5. The van der Waals surface area contributed by atoms with Crippen LogP contribution in [0.25, 0.3) is 0 Å². The number of likely N-dealkylation sites (N-methyl/N-ethyl adjacent to an activating group) is 1. The molecule has 1 N–H and O–H groups in total. The van der Waals surface area contributed by atoms with E-state index in [1.54, 1.807) is 0 Å². The zero-order valence-electron chi connectivity index (χ0n) is 12.9. The van der Waals surface area contributed by atoms with E-state index in [2.05, 4.69) is 41.1 Å². The Kier molecular flexibility index (Phi) is 5.22. The third-order valence-electron chi connectivity index (χ3n) is 4.15. The number of aromatic nitrogens is 2. The Labute approximate surface area is 126 Å². The minimum Gasteiger partial charge on any atom is -0.368 e. The molecule has 112 valence electrons. The SMILES string of the molecule is CCC(C)N(C)CCNc1nc(C2CC2)nc(Cl)c1C. The molecule has 0 saturated heterocycles. The summed E-state index contributed by atoms with van der Waals surface area (Å²) in [6, 6.07) is 0.605. The quantitative estimate of drug-likeness (QED) is 0.782. The largest absolute Gasteiger partial charge is 0.368 e. The Balaban J connectivity index is 1.95. The molecule has 1 aromatic rings. The second kappa shape index (κ2) is 6.72. The van der Waals surface area contributed by atoms with E-state index in [0.29, 0.717) is 17.1 Å². The predicted octanol–water partition coefficient (Wildman–Crippen LogP) is 3.46. The molecule has 0 bridgehead atoms. The van der Waals surface area contributed by atoms with Gasteiger partial charge in [-0.25, -0.2) is 9.97 Å². The van der Waals surface area contributed by atoms with Crippen LogP contribution in [0.1, 0.15) is 50.4 Å². The van der Waals surface area contributed by atoms with Crippen molar-refractivity contribution in [1.82, 2.24) is 14.9 Å². The lowest BCUT2D eigenvalue weighted by molar-refractivity contribution is 0.261. The Morgan fingerprint density at radius 1 is 1.40 bits per heavy atom. The van der Waals surface area contributed by atoms with Gasteiger partial charge in [-0.15, -0.1) is 0 Å². The summed E-state index contributed by atoms with van der Waals surface area (Å²) in [5.41, 5.74) is 0.947. The molecule has 1 aliphatic rings. The minimum absolute atomic E-state index is 0.524. The third kappa shape index (κ3) is 3.83. The molecule has 1 aliphatic carbocycles. The fourth-order valence-corrected chi connectivity index (χ4v) is 2.26. The number of nitrogens with zero attached hydrogens (tertiary/aromatic N) is 3. The van der Waals surface area contributed by atoms with Gasteiger partial charge in [-0.1, -0.05) is 18.5 Å². The Morgan fingerprint density at radius 2 is 2.10 bits per heavy atom. The van der Waals surface area contributed by atoms with Gasteiger partial charge < -0.3 is 10.2 Å². The van der Waals surface area contributed by atoms with Crippen molar-refractivity contribution in [3.05, 3.63) is 16.5 Å². The van der Waals surface area contributed by atoms with Crippen molar-refractivity contribution in [2.75, 3.05) is 25.5 Å². The van der Waals surface area contributed by atoms with E-state index < -0.39 is 0 Å². The zero-order valence-corrected chi connectivity index (χ0v) is 13.7. The van der Waals surface area contributed by atoms with Gasteiger partial charge in [0.05, 0.1) is 0 Å². The predicted molar refractivity (Wildman–Crippen MR) is 84.6 cm³/mol. The number of rotatable bonds is 7. The summed E-state index contributed by atoms with van der Waals surface area (Å²) in [6.07, 6.45) is 3.55. The van der Waals surface area contributed by atoms with Gasteiger partial charge in [0.15, 0.2) is 0 Å². The minimum atomic E-state index is 0.524. The summed E-state index contributed by atoms with van der Waals surface area (Å²) in [5, 5.41) is 3.99. The first-order valence-corrected chi connectivity index (χ1v) is 7.88. The van der Waals surface area contributed by atoms with Crippen LogP contribution in [0, 0.1) is 6.92 Å². The molecule has 1 aromatic heterocycles. The van der Waals surface area contributed by atoms with Crippen LogP contribution in [0.4, 0.5) is 5.82 Å². The van der Waals surface area contributed by atoms with E-state index >= 15 is 0 Å². The highest BCUT2D eigenvalue weighted by Gasteiger charge is 2.28. The van der Waals surface area contributed by atoms with Crippen molar-refractivity contribution >= 4 is 17.4 Å². The van der Waals surface area contributed by atoms with Crippen molar-refractivity contribution < 1.29 is 0 Å². The molecule has 4 nitrogen and oxygen atoms in total. The van der Waals surface area contributed by atoms with Crippen molar-refractivity contribution in [3.63, 3.8) is 0 Å². The number of nitrogens with one attached hydrogen (secondary N) is 1. The van der Waals surface area contributed by atoms with E-state index in [-0.39, 0.29) is 0 Å². The first kappa shape index (κ1) is 15.5. The molecule has 1 heterocycles. The van der Waals surface area contributed by atoms with Gasteiger partial charge in [0.25, 0.3) is 0 Å². The van der Waals surface area contributed by atoms with Crippen LogP contribution < -0.4 is 5.32 Å². The topological polar surface area (TPSA) is 41.0 Å². The van der Waals surface area contributed by atoms with Crippen LogP contribution in [0.15, 0.2) is 0 Å². The fourth-order valence-electron chi connectivity index (χ4n) is 2.08. The lowest BCUT2D eigenvalue weighted by Gasteiger charge is -2.23. The van der Waals surface area contributed by atoms with Gasteiger partial charge in [0.2, 0.25) is 0 Å². The molecule has 20 heavy (non-hydrogen) atoms. The molecule has 1 unspecified atom stereocenters. The van der Waals surface area contributed by atoms with Crippen LogP contribution in [0.2, 0.25) is 5.15 Å². The molecule has 1 saturated carbocycles.